The van der Waals surface area contributed by atoms with Gasteiger partial charge in [0, 0.05) is 22.5 Å². The highest BCUT2D eigenvalue weighted by atomic mass is 35.5. The lowest BCUT2D eigenvalue weighted by Crippen LogP contribution is -2.51. The van der Waals surface area contributed by atoms with Crippen LogP contribution in [0.4, 0.5) is 29.1 Å². The third-order valence-electron chi connectivity index (χ3n) is 5.35. The number of nitrogens with zero attached hydrogens (tertiary/aromatic N) is 3. The van der Waals surface area contributed by atoms with Gasteiger partial charge in [-0.2, -0.15) is 13.2 Å². The number of aryl methyl sites for hydroxylation is 1. The van der Waals surface area contributed by atoms with Gasteiger partial charge in [-0.1, -0.05) is 11.6 Å². The van der Waals surface area contributed by atoms with Crippen LogP contribution in [0.2, 0.25) is 5.02 Å². The molecule has 7 nitrogen and oxygen atoms in total. The van der Waals surface area contributed by atoms with Crippen LogP contribution in [0, 0.1) is 12.7 Å². The summed E-state index contributed by atoms with van der Waals surface area (Å²) < 4.78 is 89.5. The largest absolute Gasteiger partial charge is 0.416 e. The molecule has 182 valence electrons. The number of aromatic nitrogens is 1. The molecule has 0 saturated carbocycles. The van der Waals surface area contributed by atoms with Gasteiger partial charge in [0.25, 0.3) is 11.8 Å². The van der Waals surface area contributed by atoms with Gasteiger partial charge in [0.1, 0.15) is 23.8 Å². The maximum Gasteiger partial charge on any atom is 0.416 e. The first-order valence-electron chi connectivity index (χ1n) is 11.4. The van der Waals surface area contributed by atoms with Crippen molar-refractivity contribution in [2.75, 3.05) is 16.8 Å². The van der Waals surface area contributed by atoms with Gasteiger partial charge in [-0.3, -0.25) is 14.5 Å². The second-order valence-electron chi connectivity index (χ2n) is 8.30. The number of halogens is 5. The Kier molecular flexibility index (Phi) is 4.95. The van der Waals surface area contributed by atoms with Gasteiger partial charge < -0.3 is 14.4 Å². The van der Waals surface area contributed by atoms with E-state index in [9.17, 15) is 27.2 Å². The lowest BCUT2D eigenvalue weighted by molar-refractivity contribution is -0.161. The van der Waals surface area contributed by atoms with Gasteiger partial charge in [-0.05, 0) is 51.1 Å². The number of hydrogen-bond acceptors (Lipinski definition) is 5. The van der Waals surface area contributed by atoms with E-state index in [-0.39, 0.29) is 11.4 Å². The predicted molar refractivity (Wildman–Crippen MR) is 114 cm³/mol. The molecule has 0 unspecified atom stereocenters. The summed E-state index contributed by atoms with van der Waals surface area (Å²) in [5, 5.41) is -0.478. The fourth-order valence-electron chi connectivity index (χ4n) is 3.96. The van der Waals surface area contributed by atoms with E-state index in [0.29, 0.717) is 15.9 Å². The fraction of sp³-hybridized carbons (Fsp3) is 0.409. The van der Waals surface area contributed by atoms with Crippen molar-refractivity contribution in [1.82, 2.24) is 4.98 Å². The molecule has 2 aliphatic rings. The zero-order valence-corrected chi connectivity index (χ0v) is 18.7. The quantitative estimate of drug-likeness (QED) is 0.589. The number of carbonyl (C=O) groups excluding carboxylic acids is 2. The molecule has 0 N–H and O–H groups in total. The highest BCUT2D eigenvalue weighted by molar-refractivity contribution is 6.31. The second kappa shape index (κ2) is 8.17. The van der Waals surface area contributed by atoms with E-state index in [1.165, 1.54) is 20.8 Å². The van der Waals surface area contributed by atoms with Gasteiger partial charge in [0.2, 0.25) is 0 Å². The molecule has 2 aromatic rings. The van der Waals surface area contributed by atoms with Crippen LogP contribution < -0.4 is 9.80 Å². The molecule has 3 heterocycles. The fourth-order valence-corrected chi connectivity index (χ4v) is 4.14. The summed E-state index contributed by atoms with van der Waals surface area (Å²) >= 11 is 5.80. The molecular formula is C22H20ClF4N3O4. The Balaban J connectivity index is 1.88. The Morgan fingerprint density at radius 2 is 1.97 bits per heavy atom. The average molecular weight is 505 g/mol. The number of fused-ring (bicyclic) bond motifs is 1. The van der Waals surface area contributed by atoms with E-state index in [2.05, 4.69) is 4.98 Å². The number of alkyl halides is 3. The molecule has 4 rings (SSSR count). The zero-order valence-electron chi connectivity index (χ0n) is 21.0. The second-order valence-corrected chi connectivity index (χ2v) is 8.71. The summed E-state index contributed by atoms with van der Waals surface area (Å²) in [7, 11) is 0. The number of amides is 2. The Labute approximate surface area is 201 Å². The third kappa shape index (κ3) is 4.23. The molecule has 2 saturated heterocycles. The average Bonchev–Trinajstić information content (AvgIpc) is 3.19. The minimum Gasteiger partial charge on any atom is -0.341 e. The predicted octanol–water partition coefficient (Wildman–Crippen LogP) is 4.10. The Hall–Kier alpha value is -2.76. The van der Waals surface area contributed by atoms with Crippen LogP contribution in [0.1, 0.15) is 29.2 Å². The first-order chi connectivity index (χ1) is 16.9. The van der Waals surface area contributed by atoms with E-state index in [0.717, 1.165) is 24.3 Å². The van der Waals surface area contributed by atoms with Crippen molar-refractivity contribution in [1.29, 1.82) is 0 Å². The van der Waals surface area contributed by atoms with Gasteiger partial charge in [0.15, 0.2) is 11.9 Å². The number of pyridine rings is 1. The lowest BCUT2D eigenvalue weighted by Gasteiger charge is -2.31. The van der Waals surface area contributed by atoms with Crippen LogP contribution in [0.25, 0.3) is 0 Å². The number of benzene rings is 1. The number of carbonyl (C=O) groups is 2. The van der Waals surface area contributed by atoms with Crippen LogP contribution in [-0.2, 0) is 25.2 Å². The van der Waals surface area contributed by atoms with Crippen molar-refractivity contribution >= 4 is 34.9 Å². The Morgan fingerprint density at radius 1 is 1.26 bits per heavy atom. The molecule has 2 aliphatic heterocycles. The van der Waals surface area contributed by atoms with Crippen molar-refractivity contribution < 1.29 is 40.7 Å². The Bertz CT molecular complexity index is 1270. The molecule has 0 aliphatic carbocycles. The maximum atomic E-state index is 13.9. The van der Waals surface area contributed by atoms with Crippen molar-refractivity contribution in [2.24, 2.45) is 0 Å². The normalized spacial score (nSPS) is 25.5. The smallest absolute Gasteiger partial charge is 0.341 e. The molecule has 1 aromatic carbocycles. The molecular weight excluding hydrogens is 482 g/mol. The van der Waals surface area contributed by atoms with Gasteiger partial charge in [0.05, 0.1) is 10.6 Å². The molecule has 0 spiro atoms. The highest BCUT2D eigenvalue weighted by Gasteiger charge is 2.61. The van der Waals surface area contributed by atoms with E-state index in [1.54, 1.807) is 0 Å². The third-order valence-corrected chi connectivity index (χ3v) is 5.64. The standard InChI is InChI=1S/C22H20ClF4N3O4/c1-10-7-11(22(25,26)27)8-15(28-10)30-16(17-18(20(30)32)34-21(2,3)33-17)19(31)29(4)12-5-6-14(24)13(23)9-12/h5-9,16-18H,1-4H3/t16-,17-,18-/m0/s1/i4D3. The minimum absolute atomic E-state index is 0.110. The van der Waals surface area contributed by atoms with Crippen molar-refractivity contribution in [3.8, 4) is 0 Å². The summed E-state index contributed by atoms with van der Waals surface area (Å²) in [6, 6.07) is 2.28. The minimum atomic E-state index is -4.80. The van der Waals surface area contributed by atoms with Crippen LogP contribution in [0.3, 0.4) is 0 Å². The van der Waals surface area contributed by atoms with E-state index < -0.39 is 71.2 Å². The van der Waals surface area contributed by atoms with Crippen molar-refractivity contribution in [3.63, 3.8) is 0 Å². The first kappa shape index (κ1) is 20.6. The SMILES string of the molecule is [2H]C([2H])([2H])N(C(=O)[C@@H]1[C@@H]2OC(C)(C)O[C@@H]2C(=O)N1c1cc(C(F)(F)F)cc(C)n1)c1ccc(F)c(Cl)c1. The van der Waals surface area contributed by atoms with Gasteiger partial charge >= 0.3 is 6.18 Å². The molecule has 12 heteroatoms. The molecule has 2 fully saturated rings. The van der Waals surface area contributed by atoms with Crippen LogP contribution in [-0.4, -0.2) is 47.8 Å². The molecule has 1 aromatic heterocycles. The summed E-state index contributed by atoms with van der Waals surface area (Å²) in [5.74, 6) is -4.97. The van der Waals surface area contributed by atoms with Crippen LogP contribution in [0.15, 0.2) is 30.3 Å². The Morgan fingerprint density at radius 3 is 2.59 bits per heavy atom. The van der Waals surface area contributed by atoms with Crippen LogP contribution in [0.5, 0.6) is 0 Å². The maximum absolute atomic E-state index is 13.9. The van der Waals surface area contributed by atoms with Gasteiger partial charge in [-0.15, -0.1) is 0 Å². The number of ether oxygens (including phenoxy) is 2. The lowest BCUT2D eigenvalue weighted by atomic mass is 10.1. The zero-order chi connectivity index (χ0) is 27.7. The molecule has 2 amide bonds. The number of anilines is 2. The van der Waals surface area contributed by atoms with E-state index in [1.807, 2.05) is 0 Å². The molecule has 3 atom stereocenters. The molecule has 0 bridgehead atoms. The highest BCUT2D eigenvalue weighted by Crippen LogP contribution is 2.41. The first-order valence-corrected chi connectivity index (χ1v) is 10.3. The summed E-state index contributed by atoms with van der Waals surface area (Å²) in [4.78, 5) is 32.2. The van der Waals surface area contributed by atoms with E-state index >= 15 is 0 Å². The van der Waals surface area contributed by atoms with E-state index in [4.69, 9.17) is 25.2 Å². The monoisotopic (exact) mass is 504 g/mol. The molecule has 34 heavy (non-hydrogen) atoms. The topological polar surface area (TPSA) is 72.0 Å². The summed E-state index contributed by atoms with van der Waals surface area (Å²) in [6.07, 6.45) is -7.63. The summed E-state index contributed by atoms with van der Waals surface area (Å²) in [5.41, 5.74) is -1.58. The molecule has 0 radical (unpaired) electrons. The van der Waals surface area contributed by atoms with Gasteiger partial charge in [-0.25, -0.2) is 9.37 Å². The number of likely N-dealkylation sites (N-methyl/N-ethyl adjacent to an activating group) is 1. The number of hydrogen-bond donors (Lipinski definition) is 0. The van der Waals surface area contributed by atoms with Crippen molar-refractivity contribution in [3.05, 3.63) is 52.4 Å². The number of rotatable bonds is 3. The van der Waals surface area contributed by atoms with Crippen molar-refractivity contribution in [2.45, 2.75) is 51.0 Å². The van der Waals surface area contributed by atoms with Crippen LogP contribution >= 0.6 is 11.6 Å². The summed E-state index contributed by atoms with van der Waals surface area (Å²) in [6.45, 7) is 1.01.